The standard InChI is InChI=1S/C16H23ClFN3O3S/c1-3-12(2)19-16(22)11-20-6-8-21(9-7-20)25(23,24)13-4-5-15(18)14(17)10-13/h4-5,10,12H,3,6-9,11H2,1-2H3,(H,19,22)/t12-/m0/s1. The molecule has 0 spiro atoms. The molecule has 25 heavy (non-hydrogen) atoms. The fourth-order valence-corrected chi connectivity index (χ4v) is 4.23. The largest absolute Gasteiger partial charge is 0.353 e. The van der Waals surface area contributed by atoms with Crippen LogP contribution in [0.25, 0.3) is 0 Å². The van der Waals surface area contributed by atoms with Crippen LogP contribution in [0.4, 0.5) is 4.39 Å². The highest BCUT2D eigenvalue weighted by Crippen LogP contribution is 2.23. The summed E-state index contributed by atoms with van der Waals surface area (Å²) in [5.41, 5.74) is 0. The summed E-state index contributed by atoms with van der Waals surface area (Å²) >= 11 is 5.68. The minimum atomic E-state index is -3.72. The van der Waals surface area contributed by atoms with E-state index in [0.717, 1.165) is 18.6 Å². The molecule has 1 N–H and O–H groups in total. The number of rotatable bonds is 6. The van der Waals surface area contributed by atoms with E-state index in [-0.39, 0.29) is 41.5 Å². The SMILES string of the molecule is CC[C@H](C)NC(=O)CN1CCN(S(=O)(=O)c2ccc(F)c(Cl)c2)CC1. The third-order valence-electron chi connectivity index (χ3n) is 4.25. The van der Waals surface area contributed by atoms with Crippen LogP contribution in [-0.2, 0) is 14.8 Å². The number of nitrogens with zero attached hydrogens (tertiary/aromatic N) is 2. The Morgan fingerprint density at radius 3 is 2.52 bits per heavy atom. The molecule has 1 saturated heterocycles. The van der Waals surface area contributed by atoms with Crippen molar-refractivity contribution in [1.29, 1.82) is 0 Å². The number of carbonyl (C=O) groups is 1. The second-order valence-corrected chi connectivity index (χ2v) is 8.48. The Morgan fingerprint density at radius 1 is 1.32 bits per heavy atom. The Balaban J connectivity index is 1.94. The zero-order valence-electron chi connectivity index (χ0n) is 14.3. The molecule has 0 aromatic heterocycles. The van der Waals surface area contributed by atoms with E-state index in [1.165, 1.54) is 10.4 Å². The molecule has 6 nitrogen and oxygen atoms in total. The third kappa shape index (κ3) is 5.13. The molecule has 1 aliphatic rings. The highest BCUT2D eigenvalue weighted by molar-refractivity contribution is 7.89. The number of amides is 1. The highest BCUT2D eigenvalue weighted by Gasteiger charge is 2.29. The van der Waals surface area contributed by atoms with E-state index >= 15 is 0 Å². The average Bonchev–Trinajstić information content (AvgIpc) is 2.57. The highest BCUT2D eigenvalue weighted by atomic mass is 35.5. The van der Waals surface area contributed by atoms with E-state index in [9.17, 15) is 17.6 Å². The maximum Gasteiger partial charge on any atom is 0.243 e. The monoisotopic (exact) mass is 391 g/mol. The number of carbonyl (C=O) groups excluding carboxylic acids is 1. The molecule has 2 rings (SSSR count). The van der Waals surface area contributed by atoms with Gasteiger partial charge in [0.25, 0.3) is 0 Å². The molecule has 0 bridgehead atoms. The van der Waals surface area contributed by atoms with Gasteiger partial charge in [-0.2, -0.15) is 4.31 Å². The molecule has 1 aromatic rings. The fraction of sp³-hybridized carbons (Fsp3) is 0.562. The lowest BCUT2D eigenvalue weighted by Gasteiger charge is -2.33. The van der Waals surface area contributed by atoms with Gasteiger partial charge in [-0.15, -0.1) is 0 Å². The molecule has 1 fully saturated rings. The van der Waals surface area contributed by atoms with Crippen molar-refractivity contribution in [2.24, 2.45) is 0 Å². The number of halogens is 2. The lowest BCUT2D eigenvalue weighted by atomic mass is 10.2. The number of sulfonamides is 1. The van der Waals surface area contributed by atoms with Gasteiger partial charge < -0.3 is 5.32 Å². The maximum atomic E-state index is 13.2. The smallest absolute Gasteiger partial charge is 0.243 e. The van der Waals surface area contributed by atoms with Crippen molar-refractivity contribution >= 4 is 27.5 Å². The molecule has 1 atom stereocenters. The summed E-state index contributed by atoms with van der Waals surface area (Å²) in [5, 5.41) is 2.67. The molecule has 1 aromatic carbocycles. The second-order valence-electron chi connectivity index (χ2n) is 6.13. The first-order valence-corrected chi connectivity index (χ1v) is 10.0. The molecular formula is C16H23ClFN3O3S. The lowest BCUT2D eigenvalue weighted by Crippen LogP contribution is -2.51. The second kappa shape index (κ2) is 8.44. The Hall–Kier alpha value is -1.22. The summed E-state index contributed by atoms with van der Waals surface area (Å²) < 4.78 is 39.8. The van der Waals surface area contributed by atoms with Gasteiger partial charge in [-0.1, -0.05) is 18.5 Å². The average molecular weight is 392 g/mol. The van der Waals surface area contributed by atoms with Crippen molar-refractivity contribution in [3.8, 4) is 0 Å². The maximum absolute atomic E-state index is 13.2. The minimum Gasteiger partial charge on any atom is -0.353 e. The van der Waals surface area contributed by atoms with Crippen LogP contribution >= 0.6 is 11.6 Å². The summed E-state index contributed by atoms with van der Waals surface area (Å²) in [4.78, 5) is 13.8. The van der Waals surface area contributed by atoms with Crippen LogP contribution in [0.1, 0.15) is 20.3 Å². The first kappa shape index (κ1) is 20.1. The molecule has 9 heteroatoms. The Morgan fingerprint density at radius 2 is 1.96 bits per heavy atom. The van der Waals surface area contributed by atoms with Gasteiger partial charge in [0.15, 0.2) is 0 Å². The van der Waals surface area contributed by atoms with E-state index in [2.05, 4.69) is 5.32 Å². The van der Waals surface area contributed by atoms with Gasteiger partial charge in [-0.05, 0) is 31.5 Å². The summed E-state index contributed by atoms with van der Waals surface area (Å²) in [7, 11) is -3.72. The predicted molar refractivity (Wildman–Crippen MR) is 94.5 cm³/mol. The predicted octanol–water partition coefficient (Wildman–Crippen LogP) is 1.70. The fourth-order valence-electron chi connectivity index (χ4n) is 2.54. The molecule has 0 aliphatic carbocycles. The van der Waals surface area contributed by atoms with Crippen molar-refractivity contribution in [2.45, 2.75) is 31.2 Å². The van der Waals surface area contributed by atoms with Crippen molar-refractivity contribution in [3.63, 3.8) is 0 Å². The van der Waals surface area contributed by atoms with Crippen molar-refractivity contribution in [2.75, 3.05) is 32.7 Å². The molecule has 0 saturated carbocycles. The van der Waals surface area contributed by atoms with Crippen LogP contribution in [0.15, 0.2) is 23.1 Å². The molecule has 0 radical (unpaired) electrons. The normalized spacial score (nSPS) is 18.1. The van der Waals surface area contributed by atoms with Gasteiger partial charge in [-0.25, -0.2) is 12.8 Å². The first-order valence-electron chi connectivity index (χ1n) is 8.21. The van der Waals surface area contributed by atoms with E-state index in [0.29, 0.717) is 13.1 Å². The summed E-state index contributed by atoms with van der Waals surface area (Å²) in [6, 6.07) is 3.50. The molecule has 0 unspecified atom stereocenters. The topological polar surface area (TPSA) is 69.7 Å². The Labute approximate surface area is 153 Å². The number of hydrogen-bond acceptors (Lipinski definition) is 4. The van der Waals surface area contributed by atoms with E-state index < -0.39 is 15.8 Å². The van der Waals surface area contributed by atoms with Gasteiger partial charge in [-0.3, -0.25) is 9.69 Å². The van der Waals surface area contributed by atoms with Crippen LogP contribution in [-0.4, -0.2) is 62.3 Å². The van der Waals surface area contributed by atoms with E-state index in [1.807, 2.05) is 18.7 Å². The van der Waals surface area contributed by atoms with Gasteiger partial charge in [0, 0.05) is 32.2 Å². The minimum absolute atomic E-state index is 0.0261. The molecule has 140 valence electrons. The molecule has 1 aliphatic heterocycles. The molecular weight excluding hydrogens is 369 g/mol. The van der Waals surface area contributed by atoms with E-state index in [1.54, 1.807) is 0 Å². The third-order valence-corrected chi connectivity index (χ3v) is 6.43. The zero-order chi connectivity index (χ0) is 18.6. The van der Waals surface area contributed by atoms with Crippen LogP contribution in [0.5, 0.6) is 0 Å². The summed E-state index contributed by atoms with van der Waals surface area (Å²) in [5.74, 6) is -0.714. The van der Waals surface area contributed by atoms with Gasteiger partial charge in [0.2, 0.25) is 15.9 Å². The molecule has 1 amide bonds. The van der Waals surface area contributed by atoms with Crippen LogP contribution < -0.4 is 5.32 Å². The van der Waals surface area contributed by atoms with Gasteiger partial charge in [0.05, 0.1) is 16.5 Å². The number of nitrogens with one attached hydrogen (secondary N) is 1. The summed E-state index contributed by atoms with van der Waals surface area (Å²) in [6.07, 6.45) is 0.859. The number of hydrogen-bond donors (Lipinski definition) is 1. The Bertz CT molecular complexity index is 721. The zero-order valence-corrected chi connectivity index (χ0v) is 15.9. The van der Waals surface area contributed by atoms with Crippen molar-refractivity contribution in [1.82, 2.24) is 14.5 Å². The van der Waals surface area contributed by atoms with Gasteiger partial charge in [0.1, 0.15) is 5.82 Å². The van der Waals surface area contributed by atoms with Crippen molar-refractivity contribution in [3.05, 3.63) is 29.0 Å². The van der Waals surface area contributed by atoms with Crippen molar-refractivity contribution < 1.29 is 17.6 Å². The Kier molecular flexibility index (Phi) is 6.79. The number of piperazine rings is 1. The quantitative estimate of drug-likeness (QED) is 0.801. The van der Waals surface area contributed by atoms with Crippen LogP contribution in [0.2, 0.25) is 5.02 Å². The van der Waals surface area contributed by atoms with Crippen LogP contribution in [0.3, 0.4) is 0 Å². The summed E-state index contributed by atoms with van der Waals surface area (Å²) in [6.45, 7) is 5.65. The molecule has 1 heterocycles. The van der Waals surface area contributed by atoms with Crippen LogP contribution in [0, 0.1) is 5.82 Å². The lowest BCUT2D eigenvalue weighted by molar-refractivity contribution is -0.123. The van der Waals surface area contributed by atoms with E-state index in [4.69, 9.17) is 11.6 Å². The van der Waals surface area contributed by atoms with Gasteiger partial charge >= 0.3 is 0 Å². The number of benzene rings is 1. The first-order chi connectivity index (χ1) is 11.7.